The molecule has 0 aliphatic heterocycles. The topological polar surface area (TPSA) is 78.4 Å². The summed E-state index contributed by atoms with van der Waals surface area (Å²) in [4.78, 5) is 22.7. The van der Waals surface area contributed by atoms with Crippen LogP contribution in [-0.4, -0.2) is 29.2 Å². The SMILES string of the molecule is CCCCC(C)NC(=O)N[C@H](C(=O)O)[C@@H](C)CC. The zero-order valence-corrected chi connectivity index (χ0v) is 11.8. The van der Waals surface area contributed by atoms with E-state index in [0.29, 0.717) is 6.42 Å². The van der Waals surface area contributed by atoms with Crippen molar-refractivity contribution in [1.29, 1.82) is 0 Å². The van der Waals surface area contributed by atoms with E-state index in [9.17, 15) is 9.59 Å². The van der Waals surface area contributed by atoms with E-state index in [0.717, 1.165) is 19.3 Å². The Kier molecular flexibility index (Phi) is 8.16. The van der Waals surface area contributed by atoms with E-state index in [-0.39, 0.29) is 12.0 Å². The minimum Gasteiger partial charge on any atom is -0.480 e. The second-order valence-corrected chi connectivity index (χ2v) is 4.86. The van der Waals surface area contributed by atoms with Crippen molar-refractivity contribution in [2.45, 2.75) is 65.5 Å². The third-order valence-electron chi connectivity index (χ3n) is 3.13. The quantitative estimate of drug-likeness (QED) is 0.625. The highest BCUT2D eigenvalue weighted by atomic mass is 16.4. The van der Waals surface area contributed by atoms with Crippen LogP contribution in [0, 0.1) is 5.92 Å². The smallest absolute Gasteiger partial charge is 0.326 e. The molecule has 106 valence electrons. The summed E-state index contributed by atoms with van der Waals surface area (Å²) < 4.78 is 0. The van der Waals surface area contributed by atoms with Crippen molar-refractivity contribution in [3.63, 3.8) is 0 Å². The molecule has 0 radical (unpaired) electrons. The number of unbranched alkanes of at least 4 members (excludes halogenated alkanes) is 1. The number of nitrogens with one attached hydrogen (secondary N) is 2. The Morgan fingerprint density at radius 2 is 1.78 bits per heavy atom. The number of rotatable bonds is 8. The van der Waals surface area contributed by atoms with Crippen LogP contribution in [0.1, 0.15) is 53.4 Å². The molecule has 0 aliphatic carbocycles. The highest BCUT2D eigenvalue weighted by Gasteiger charge is 2.25. The van der Waals surface area contributed by atoms with Gasteiger partial charge in [0, 0.05) is 6.04 Å². The molecule has 18 heavy (non-hydrogen) atoms. The van der Waals surface area contributed by atoms with E-state index in [1.165, 1.54) is 0 Å². The van der Waals surface area contributed by atoms with Crippen molar-refractivity contribution in [1.82, 2.24) is 10.6 Å². The Morgan fingerprint density at radius 1 is 1.17 bits per heavy atom. The number of hydrogen-bond acceptors (Lipinski definition) is 2. The molecule has 5 heteroatoms. The molecule has 3 N–H and O–H groups in total. The molecule has 0 spiro atoms. The first-order valence-electron chi connectivity index (χ1n) is 6.72. The average molecular weight is 258 g/mol. The maximum atomic E-state index is 11.7. The van der Waals surface area contributed by atoms with Crippen LogP contribution in [0.5, 0.6) is 0 Å². The average Bonchev–Trinajstić information content (AvgIpc) is 2.32. The second kappa shape index (κ2) is 8.78. The molecule has 0 rings (SSSR count). The molecule has 5 nitrogen and oxygen atoms in total. The van der Waals surface area contributed by atoms with Gasteiger partial charge in [-0.05, 0) is 19.3 Å². The lowest BCUT2D eigenvalue weighted by molar-refractivity contribution is -0.140. The largest absolute Gasteiger partial charge is 0.480 e. The predicted molar refractivity (Wildman–Crippen MR) is 71.5 cm³/mol. The zero-order valence-electron chi connectivity index (χ0n) is 11.8. The molecule has 0 fully saturated rings. The van der Waals surface area contributed by atoms with Gasteiger partial charge in [0.15, 0.2) is 0 Å². The summed E-state index contributed by atoms with van der Waals surface area (Å²) in [6.07, 6.45) is 3.75. The fourth-order valence-electron chi connectivity index (χ4n) is 1.67. The van der Waals surface area contributed by atoms with Gasteiger partial charge >= 0.3 is 12.0 Å². The molecule has 1 unspecified atom stereocenters. The van der Waals surface area contributed by atoms with Crippen LogP contribution in [0.25, 0.3) is 0 Å². The molecule has 2 amide bonds. The number of carbonyl (C=O) groups is 2. The Bertz CT molecular complexity index is 269. The van der Waals surface area contributed by atoms with Crippen molar-refractivity contribution < 1.29 is 14.7 Å². The third-order valence-corrected chi connectivity index (χ3v) is 3.13. The molecule has 0 saturated heterocycles. The maximum Gasteiger partial charge on any atom is 0.326 e. The maximum absolute atomic E-state index is 11.7. The van der Waals surface area contributed by atoms with E-state index >= 15 is 0 Å². The van der Waals surface area contributed by atoms with Gasteiger partial charge in [0.05, 0.1) is 0 Å². The van der Waals surface area contributed by atoms with Crippen LogP contribution in [0.3, 0.4) is 0 Å². The van der Waals surface area contributed by atoms with Gasteiger partial charge in [0.2, 0.25) is 0 Å². The molecular formula is C13H26N2O3. The summed E-state index contributed by atoms with van der Waals surface area (Å²) in [7, 11) is 0. The zero-order chi connectivity index (χ0) is 14.1. The number of amides is 2. The Hall–Kier alpha value is -1.26. The van der Waals surface area contributed by atoms with Crippen LogP contribution < -0.4 is 10.6 Å². The summed E-state index contributed by atoms with van der Waals surface area (Å²) in [6, 6.07) is -1.16. The van der Waals surface area contributed by atoms with Crippen LogP contribution in [0.2, 0.25) is 0 Å². The van der Waals surface area contributed by atoms with Gasteiger partial charge < -0.3 is 15.7 Å². The van der Waals surface area contributed by atoms with E-state index in [2.05, 4.69) is 17.6 Å². The van der Waals surface area contributed by atoms with Crippen molar-refractivity contribution in [3.8, 4) is 0 Å². The lowest BCUT2D eigenvalue weighted by atomic mass is 9.99. The highest BCUT2D eigenvalue weighted by molar-refractivity contribution is 5.82. The number of hydrogen-bond donors (Lipinski definition) is 3. The molecule has 3 atom stereocenters. The Morgan fingerprint density at radius 3 is 2.22 bits per heavy atom. The molecule has 0 aromatic rings. The van der Waals surface area contributed by atoms with Crippen LogP contribution in [0.15, 0.2) is 0 Å². The van der Waals surface area contributed by atoms with Crippen molar-refractivity contribution in [2.24, 2.45) is 5.92 Å². The lowest BCUT2D eigenvalue weighted by Gasteiger charge is -2.22. The number of carbonyl (C=O) groups excluding carboxylic acids is 1. The summed E-state index contributed by atoms with van der Waals surface area (Å²) in [5.74, 6) is -1.07. The lowest BCUT2D eigenvalue weighted by Crippen LogP contribution is -2.50. The van der Waals surface area contributed by atoms with Gasteiger partial charge in [0.1, 0.15) is 6.04 Å². The van der Waals surface area contributed by atoms with Crippen LogP contribution in [0.4, 0.5) is 4.79 Å². The van der Waals surface area contributed by atoms with Gasteiger partial charge in [0.25, 0.3) is 0 Å². The fraction of sp³-hybridized carbons (Fsp3) is 0.846. The third kappa shape index (κ3) is 6.47. The minimum absolute atomic E-state index is 0.0660. The number of carboxylic acid groups (broad SMARTS) is 1. The number of aliphatic carboxylic acids is 1. The van der Waals surface area contributed by atoms with Gasteiger partial charge in [-0.15, -0.1) is 0 Å². The summed E-state index contributed by atoms with van der Waals surface area (Å²) in [6.45, 7) is 7.74. The van der Waals surface area contributed by atoms with Gasteiger partial charge in [-0.1, -0.05) is 40.0 Å². The summed E-state index contributed by atoms with van der Waals surface area (Å²) in [5.41, 5.74) is 0. The number of carboxylic acids is 1. The molecule has 0 saturated carbocycles. The number of urea groups is 1. The highest BCUT2D eigenvalue weighted by Crippen LogP contribution is 2.08. The molecule has 0 heterocycles. The van der Waals surface area contributed by atoms with Crippen molar-refractivity contribution in [2.75, 3.05) is 0 Å². The van der Waals surface area contributed by atoms with Crippen molar-refractivity contribution in [3.05, 3.63) is 0 Å². The predicted octanol–water partition coefficient (Wildman–Crippen LogP) is 2.36. The minimum atomic E-state index is -0.985. The van der Waals surface area contributed by atoms with Crippen LogP contribution >= 0.6 is 0 Å². The fourth-order valence-corrected chi connectivity index (χ4v) is 1.67. The molecular weight excluding hydrogens is 232 g/mol. The molecule has 0 bridgehead atoms. The van der Waals surface area contributed by atoms with Gasteiger partial charge in [-0.2, -0.15) is 0 Å². The summed E-state index contributed by atoms with van der Waals surface area (Å²) >= 11 is 0. The van der Waals surface area contributed by atoms with E-state index < -0.39 is 18.0 Å². The molecule has 0 aromatic heterocycles. The first-order chi connectivity index (χ1) is 8.42. The van der Waals surface area contributed by atoms with E-state index in [1.807, 2.05) is 20.8 Å². The standard InChI is InChI=1S/C13H26N2O3/c1-5-7-8-10(4)14-13(18)15-11(12(16)17)9(3)6-2/h9-11H,5-8H2,1-4H3,(H,16,17)(H2,14,15,18)/t9-,10?,11-/m0/s1. The van der Waals surface area contributed by atoms with Crippen LogP contribution in [-0.2, 0) is 4.79 Å². The molecule has 0 aromatic carbocycles. The second-order valence-electron chi connectivity index (χ2n) is 4.86. The normalized spacial score (nSPS) is 15.6. The first-order valence-corrected chi connectivity index (χ1v) is 6.72. The van der Waals surface area contributed by atoms with Gasteiger partial charge in [-0.25, -0.2) is 9.59 Å². The van der Waals surface area contributed by atoms with E-state index in [4.69, 9.17) is 5.11 Å². The molecule has 0 aliphatic rings. The Labute approximate surface area is 109 Å². The van der Waals surface area contributed by atoms with Crippen molar-refractivity contribution >= 4 is 12.0 Å². The monoisotopic (exact) mass is 258 g/mol. The first kappa shape index (κ1) is 16.7. The summed E-state index contributed by atoms with van der Waals surface area (Å²) in [5, 5.41) is 14.3. The Balaban J connectivity index is 4.21. The van der Waals surface area contributed by atoms with E-state index in [1.54, 1.807) is 0 Å². The van der Waals surface area contributed by atoms with Gasteiger partial charge in [-0.3, -0.25) is 0 Å².